The van der Waals surface area contributed by atoms with Crippen molar-refractivity contribution in [3.63, 3.8) is 0 Å². The van der Waals surface area contributed by atoms with Crippen molar-refractivity contribution in [2.75, 3.05) is 13.1 Å². The summed E-state index contributed by atoms with van der Waals surface area (Å²) in [6, 6.07) is 9.63. The Bertz CT molecular complexity index is 522. The molecule has 0 aromatic heterocycles. The molecule has 1 atom stereocenters. The second kappa shape index (κ2) is 6.81. The summed E-state index contributed by atoms with van der Waals surface area (Å²) in [5.74, 6) is -0.0118. The van der Waals surface area contributed by atoms with Gasteiger partial charge >= 0.3 is 6.09 Å². The van der Waals surface area contributed by atoms with E-state index < -0.39 is 5.60 Å². The first-order chi connectivity index (χ1) is 10.3. The Morgan fingerprint density at radius 1 is 1.27 bits per heavy atom. The van der Waals surface area contributed by atoms with E-state index in [0.717, 1.165) is 12.0 Å². The minimum atomic E-state index is -0.494. The van der Waals surface area contributed by atoms with Gasteiger partial charge in [-0.3, -0.25) is 4.79 Å². The molecule has 2 amide bonds. The summed E-state index contributed by atoms with van der Waals surface area (Å²) in [6.07, 6.45) is 0.816. The highest BCUT2D eigenvalue weighted by atomic mass is 16.6. The molecule has 2 rings (SSSR count). The predicted octanol–water partition coefficient (Wildman–Crippen LogP) is 2.35. The van der Waals surface area contributed by atoms with Crippen LogP contribution >= 0.6 is 0 Å². The van der Waals surface area contributed by atoms with Gasteiger partial charge in [-0.05, 0) is 32.8 Å². The van der Waals surface area contributed by atoms with Crippen molar-refractivity contribution in [2.45, 2.75) is 45.3 Å². The highest BCUT2D eigenvalue weighted by Crippen LogP contribution is 2.15. The molecule has 1 aromatic rings. The molecule has 5 nitrogen and oxygen atoms in total. The summed E-state index contributed by atoms with van der Waals surface area (Å²) in [6.45, 7) is 6.67. The standard InChI is InChI=1S/C17H24N2O3/c1-17(2,3)22-16(21)19-10-9-14(12-19)18-15(20)11-13-7-5-4-6-8-13/h4-8,14H,9-12H2,1-3H3,(H,18,20)/t14-/m0/s1. The highest BCUT2D eigenvalue weighted by molar-refractivity contribution is 5.79. The fourth-order valence-electron chi connectivity index (χ4n) is 2.43. The topological polar surface area (TPSA) is 58.6 Å². The van der Waals surface area contributed by atoms with E-state index in [9.17, 15) is 9.59 Å². The molecule has 0 saturated carbocycles. The van der Waals surface area contributed by atoms with Gasteiger partial charge in [0.2, 0.25) is 5.91 Å². The van der Waals surface area contributed by atoms with Gasteiger partial charge in [0.25, 0.3) is 0 Å². The van der Waals surface area contributed by atoms with Crippen LogP contribution in [0.15, 0.2) is 30.3 Å². The summed E-state index contributed by atoms with van der Waals surface area (Å²) >= 11 is 0. The fraction of sp³-hybridized carbons (Fsp3) is 0.529. The average Bonchev–Trinajstić information content (AvgIpc) is 2.86. The van der Waals surface area contributed by atoms with Crippen molar-refractivity contribution in [2.24, 2.45) is 0 Å². The molecule has 120 valence electrons. The minimum Gasteiger partial charge on any atom is -0.444 e. The van der Waals surface area contributed by atoms with Crippen LogP contribution in [0.25, 0.3) is 0 Å². The van der Waals surface area contributed by atoms with Crippen molar-refractivity contribution in [1.29, 1.82) is 0 Å². The molecule has 1 aliphatic rings. The third kappa shape index (κ3) is 5.06. The van der Waals surface area contributed by atoms with E-state index in [1.807, 2.05) is 51.1 Å². The number of hydrogen-bond donors (Lipinski definition) is 1. The molecular weight excluding hydrogens is 280 g/mol. The number of amides is 2. The zero-order valence-electron chi connectivity index (χ0n) is 13.5. The second-order valence-electron chi connectivity index (χ2n) is 6.64. The second-order valence-corrected chi connectivity index (χ2v) is 6.64. The zero-order valence-corrected chi connectivity index (χ0v) is 13.5. The van der Waals surface area contributed by atoms with Crippen molar-refractivity contribution in [3.8, 4) is 0 Å². The van der Waals surface area contributed by atoms with Crippen molar-refractivity contribution in [3.05, 3.63) is 35.9 Å². The quantitative estimate of drug-likeness (QED) is 0.932. The number of carbonyl (C=O) groups is 2. The lowest BCUT2D eigenvalue weighted by atomic mass is 10.1. The Morgan fingerprint density at radius 2 is 1.95 bits per heavy atom. The van der Waals surface area contributed by atoms with Crippen LogP contribution < -0.4 is 5.32 Å². The third-order valence-electron chi connectivity index (χ3n) is 3.41. The number of benzene rings is 1. The third-order valence-corrected chi connectivity index (χ3v) is 3.41. The van der Waals surface area contributed by atoms with Gasteiger partial charge in [0, 0.05) is 19.1 Å². The van der Waals surface area contributed by atoms with Gasteiger partial charge in [-0.25, -0.2) is 4.79 Å². The van der Waals surface area contributed by atoms with E-state index >= 15 is 0 Å². The van der Waals surface area contributed by atoms with E-state index in [1.165, 1.54) is 0 Å². The Hall–Kier alpha value is -2.04. The maximum atomic E-state index is 12.0. The smallest absolute Gasteiger partial charge is 0.410 e. The first kappa shape index (κ1) is 16.3. The summed E-state index contributed by atoms with van der Waals surface area (Å²) in [4.78, 5) is 25.7. The highest BCUT2D eigenvalue weighted by Gasteiger charge is 2.30. The molecule has 0 aliphatic carbocycles. The van der Waals surface area contributed by atoms with Crippen LogP contribution in [0.2, 0.25) is 0 Å². The Balaban J connectivity index is 1.79. The number of rotatable bonds is 3. The fourth-order valence-corrected chi connectivity index (χ4v) is 2.43. The minimum absolute atomic E-state index is 0.00345. The van der Waals surface area contributed by atoms with Crippen molar-refractivity contribution >= 4 is 12.0 Å². The van der Waals surface area contributed by atoms with Gasteiger partial charge in [0.05, 0.1) is 6.42 Å². The van der Waals surface area contributed by atoms with Gasteiger partial charge in [0.1, 0.15) is 5.60 Å². The lowest BCUT2D eigenvalue weighted by molar-refractivity contribution is -0.121. The number of nitrogens with zero attached hydrogens (tertiary/aromatic N) is 1. The number of nitrogens with one attached hydrogen (secondary N) is 1. The van der Waals surface area contributed by atoms with Crippen molar-refractivity contribution < 1.29 is 14.3 Å². The molecule has 0 bridgehead atoms. The molecule has 1 saturated heterocycles. The monoisotopic (exact) mass is 304 g/mol. The molecule has 0 unspecified atom stereocenters. The van der Waals surface area contributed by atoms with Crippen LogP contribution in [0.4, 0.5) is 4.79 Å². The van der Waals surface area contributed by atoms with Crippen LogP contribution in [-0.2, 0) is 16.0 Å². The van der Waals surface area contributed by atoms with Crippen LogP contribution in [0, 0.1) is 0 Å². The van der Waals surface area contributed by atoms with E-state index in [0.29, 0.717) is 19.5 Å². The number of carbonyl (C=O) groups excluding carboxylic acids is 2. The number of ether oxygens (including phenoxy) is 1. The summed E-state index contributed by atoms with van der Waals surface area (Å²) in [5.41, 5.74) is 0.494. The van der Waals surface area contributed by atoms with Crippen LogP contribution in [0.3, 0.4) is 0 Å². The van der Waals surface area contributed by atoms with Gasteiger partial charge in [0.15, 0.2) is 0 Å². The molecule has 22 heavy (non-hydrogen) atoms. The van der Waals surface area contributed by atoms with E-state index in [-0.39, 0.29) is 18.0 Å². The van der Waals surface area contributed by atoms with E-state index in [4.69, 9.17) is 4.74 Å². The van der Waals surface area contributed by atoms with Crippen LogP contribution in [0.5, 0.6) is 0 Å². The lowest BCUT2D eigenvalue weighted by Crippen LogP contribution is -2.40. The maximum absolute atomic E-state index is 12.0. The average molecular weight is 304 g/mol. The first-order valence-electron chi connectivity index (χ1n) is 7.65. The maximum Gasteiger partial charge on any atom is 0.410 e. The normalized spacial score (nSPS) is 18.1. The lowest BCUT2D eigenvalue weighted by Gasteiger charge is -2.24. The summed E-state index contributed by atoms with van der Waals surface area (Å²) in [5, 5.41) is 2.99. The first-order valence-corrected chi connectivity index (χ1v) is 7.65. The zero-order chi connectivity index (χ0) is 16.2. The molecular formula is C17H24N2O3. The number of likely N-dealkylation sites (tertiary alicyclic amines) is 1. The largest absolute Gasteiger partial charge is 0.444 e. The molecule has 1 heterocycles. The van der Waals surface area contributed by atoms with E-state index in [2.05, 4.69) is 5.32 Å². The summed E-state index contributed by atoms with van der Waals surface area (Å²) in [7, 11) is 0. The summed E-state index contributed by atoms with van der Waals surface area (Å²) < 4.78 is 5.34. The Labute approximate surface area is 131 Å². The predicted molar refractivity (Wildman–Crippen MR) is 84.5 cm³/mol. The molecule has 1 aliphatic heterocycles. The van der Waals surface area contributed by atoms with Crippen LogP contribution in [0.1, 0.15) is 32.8 Å². The molecule has 1 aromatic carbocycles. The SMILES string of the molecule is CC(C)(C)OC(=O)N1CC[C@H](NC(=O)Cc2ccccc2)C1. The molecule has 1 fully saturated rings. The van der Waals surface area contributed by atoms with Gasteiger partial charge in [-0.1, -0.05) is 30.3 Å². The van der Waals surface area contributed by atoms with Gasteiger partial charge in [-0.15, -0.1) is 0 Å². The van der Waals surface area contributed by atoms with Crippen LogP contribution in [-0.4, -0.2) is 41.6 Å². The number of hydrogen-bond acceptors (Lipinski definition) is 3. The van der Waals surface area contributed by atoms with Gasteiger partial charge < -0.3 is 15.0 Å². The molecule has 0 spiro atoms. The van der Waals surface area contributed by atoms with Gasteiger partial charge in [-0.2, -0.15) is 0 Å². The Morgan fingerprint density at radius 3 is 2.59 bits per heavy atom. The molecule has 1 N–H and O–H groups in total. The Kier molecular flexibility index (Phi) is 5.06. The molecule has 0 radical (unpaired) electrons. The van der Waals surface area contributed by atoms with E-state index in [1.54, 1.807) is 4.90 Å². The molecule has 5 heteroatoms. The van der Waals surface area contributed by atoms with Crippen molar-refractivity contribution in [1.82, 2.24) is 10.2 Å².